The lowest BCUT2D eigenvalue weighted by Crippen LogP contribution is -2.23. The largest absolute Gasteiger partial charge is 0.468 e. The minimum absolute atomic E-state index is 0.708. The van der Waals surface area contributed by atoms with Crippen LogP contribution in [0, 0.1) is 6.92 Å². The summed E-state index contributed by atoms with van der Waals surface area (Å²) < 4.78 is 5.24. The molecule has 0 amide bonds. The molecule has 3 heteroatoms. The molecule has 2 rings (SSSR count). The van der Waals surface area contributed by atoms with Gasteiger partial charge in [-0.1, -0.05) is 0 Å². The third-order valence-electron chi connectivity index (χ3n) is 2.41. The molecule has 0 aromatic carbocycles. The van der Waals surface area contributed by atoms with Crippen LogP contribution >= 0.6 is 11.8 Å². The van der Waals surface area contributed by atoms with Crippen LogP contribution < -0.4 is 5.32 Å². The first-order valence-electron chi connectivity index (χ1n) is 4.76. The summed E-state index contributed by atoms with van der Waals surface area (Å²) >= 11 is 1.89. The first-order chi connectivity index (χ1) is 6.36. The SMILES string of the molecule is Cc1occc1SC[C@@H]1CCCN1. The van der Waals surface area contributed by atoms with Gasteiger partial charge in [0.15, 0.2) is 0 Å². The van der Waals surface area contributed by atoms with E-state index < -0.39 is 0 Å². The Bertz CT molecular complexity index is 266. The summed E-state index contributed by atoms with van der Waals surface area (Å²) in [6.45, 7) is 3.21. The van der Waals surface area contributed by atoms with Crippen LogP contribution in [0.25, 0.3) is 0 Å². The number of nitrogens with one attached hydrogen (secondary N) is 1. The van der Waals surface area contributed by atoms with Crippen molar-refractivity contribution < 1.29 is 4.42 Å². The lowest BCUT2D eigenvalue weighted by molar-refractivity contribution is 0.527. The maximum Gasteiger partial charge on any atom is 0.114 e. The van der Waals surface area contributed by atoms with Gasteiger partial charge in [0, 0.05) is 16.7 Å². The summed E-state index contributed by atoms with van der Waals surface area (Å²) in [5, 5.41) is 3.49. The van der Waals surface area contributed by atoms with Gasteiger partial charge in [0.25, 0.3) is 0 Å². The van der Waals surface area contributed by atoms with E-state index >= 15 is 0 Å². The molecule has 1 N–H and O–H groups in total. The number of aryl methyl sites for hydroxylation is 1. The summed E-state index contributed by atoms with van der Waals surface area (Å²) in [6.07, 6.45) is 4.42. The topological polar surface area (TPSA) is 25.2 Å². The van der Waals surface area contributed by atoms with Crippen molar-refractivity contribution in [1.29, 1.82) is 0 Å². The second-order valence-electron chi connectivity index (χ2n) is 3.45. The zero-order chi connectivity index (χ0) is 9.10. The Hall–Kier alpha value is -0.410. The zero-order valence-electron chi connectivity index (χ0n) is 7.88. The van der Waals surface area contributed by atoms with Crippen molar-refractivity contribution in [1.82, 2.24) is 5.32 Å². The van der Waals surface area contributed by atoms with E-state index in [2.05, 4.69) is 11.4 Å². The van der Waals surface area contributed by atoms with Crippen molar-refractivity contribution in [3.8, 4) is 0 Å². The Balaban J connectivity index is 1.82. The van der Waals surface area contributed by atoms with Crippen LogP contribution in [0.1, 0.15) is 18.6 Å². The number of hydrogen-bond acceptors (Lipinski definition) is 3. The summed E-state index contributed by atoms with van der Waals surface area (Å²) in [7, 11) is 0. The van der Waals surface area contributed by atoms with E-state index in [9.17, 15) is 0 Å². The molecule has 0 spiro atoms. The van der Waals surface area contributed by atoms with Crippen LogP contribution in [0.15, 0.2) is 21.6 Å². The van der Waals surface area contributed by atoms with Crippen molar-refractivity contribution in [3.63, 3.8) is 0 Å². The Morgan fingerprint density at radius 2 is 2.62 bits per heavy atom. The molecule has 0 unspecified atom stereocenters. The summed E-state index contributed by atoms with van der Waals surface area (Å²) in [4.78, 5) is 1.29. The van der Waals surface area contributed by atoms with Crippen LogP contribution in [-0.4, -0.2) is 18.3 Å². The molecule has 1 aromatic rings. The fraction of sp³-hybridized carbons (Fsp3) is 0.600. The number of hydrogen-bond donors (Lipinski definition) is 1. The highest BCUT2D eigenvalue weighted by molar-refractivity contribution is 7.99. The molecule has 1 aliphatic heterocycles. The molecule has 0 radical (unpaired) electrons. The zero-order valence-corrected chi connectivity index (χ0v) is 8.69. The number of rotatable bonds is 3. The molecular weight excluding hydrogens is 182 g/mol. The predicted molar refractivity (Wildman–Crippen MR) is 55.2 cm³/mol. The van der Waals surface area contributed by atoms with Crippen molar-refractivity contribution >= 4 is 11.8 Å². The van der Waals surface area contributed by atoms with Gasteiger partial charge in [0.1, 0.15) is 5.76 Å². The third kappa shape index (κ3) is 2.29. The van der Waals surface area contributed by atoms with Crippen molar-refractivity contribution in [2.24, 2.45) is 0 Å². The second-order valence-corrected chi connectivity index (χ2v) is 4.51. The van der Waals surface area contributed by atoms with E-state index in [0.29, 0.717) is 6.04 Å². The van der Waals surface area contributed by atoms with Crippen LogP contribution in [0.2, 0.25) is 0 Å². The molecule has 1 atom stereocenters. The third-order valence-corrected chi connectivity index (χ3v) is 3.72. The quantitative estimate of drug-likeness (QED) is 0.753. The average Bonchev–Trinajstić information content (AvgIpc) is 2.72. The Kier molecular flexibility index (Phi) is 2.96. The van der Waals surface area contributed by atoms with E-state index in [1.807, 2.05) is 18.7 Å². The molecule has 13 heavy (non-hydrogen) atoms. The molecule has 1 aromatic heterocycles. The molecule has 1 fully saturated rings. The summed E-state index contributed by atoms with van der Waals surface area (Å²) in [5.41, 5.74) is 0. The van der Waals surface area contributed by atoms with Crippen LogP contribution in [0.3, 0.4) is 0 Å². The normalized spacial score (nSPS) is 22.4. The van der Waals surface area contributed by atoms with E-state index in [1.165, 1.54) is 30.0 Å². The minimum Gasteiger partial charge on any atom is -0.468 e. The van der Waals surface area contributed by atoms with Gasteiger partial charge in [0.2, 0.25) is 0 Å². The lowest BCUT2D eigenvalue weighted by atomic mass is 10.3. The Morgan fingerprint density at radius 1 is 1.69 bits per heavy atom. The lowest BCUT2D eigenvalue weighted by Gasteiger charge is -2.08. The maximum absolute atomic E-state index is 5.24. The molecule has 1 aliphatic rings. The van der Waals surface area contributed by atoms with Crippen molar-refractivity contribution in [2.75, 3.05) is 12.3 Å². The first-order valence-corrected chi connectivity index (χ1v) is 5.75. The molecule has 72 valence electrons. The monoisotopic (exact) mass is 197 g/mol. The van der Waals surface area contributed by atoms with Crippen LogP contribution in [0.4, 0.5) is 0 Å². The van der Waals surface area contributed by atoms with Gasteiger partial charge in [0.05, 0.1) is 6.26 Å². The average molecular weight is 197 g/mol. The van der Waals surface area contributed by atoms with Crippen LogP contribution in [-0.2, 0) is 0 Å². The van der Waals surface area contributed by atoms with Crippen molar-refractivity contribution in [3.05, 3.63) is 18.1 Å². The molecule has 1 saturated heterocycles. The smallest absolute Gasteiger partial charge is 0.114 e. The number of thioether (sulfide) groups is 1. The summed E-state index contributed by atoms with van der Waals surface area (Å²) in [5.74, 6) is 2.21. The highest BCUT2D eigenvalue weighted by Crippen LogP contribution is 2.25. The molecule has 0 bridgehead atoms. The van der Waals surface area contributed by atoms with Crippen LogP contribution in [0.5, 0.6) is 0 Å². The molecule has 2 nitrogen and oxygen atoms in total. The second kappa shape index (κ2) is 4.20. The van der Waals surface area contributed by atoms with E-state index in [1.54, 1.807) is 6.26 Å². The van der Waals surface area contributed by atoms with Gasteiger partial charge in [-0.3, -0.25) is 0 Å². The highest BCUT2D eigenvalue weighted by atomic mass is 32.2. The van der Waals surface area contributed by atoms with E-state index in [4.69, 9.17) is 4.42 Å². The molecule has 0 saturated carbocycles. The van der Waals surface area contributed by atoms with Gasteiger partial charge >= 0.3 is 0 Å². The predicted octanol–water partition coefficient (Wildman–Crippen LogP) is 2.43. The van der Waals surface area contributed by atoms with Gasteiger partial charge in [-0.05, 0) is 32.4 Å². The minimum atomic E-state index is 0.708. The number of furan rings is 1. The highest BCUT2D eigenvalue weighted by Gasteiger charge is 2.14. The molecule has 2 heterocycles. The first kappa shape index (κ1) is 9.16. The fourth-order valence-electron chi connectivity index (χ4n) is 1.61. The molecule has 0 aliphatic carbocycles. The summed E-state index contributed by atoms with van der Waals surface area (Å²) in [6, 6.07) is 2.76. The standard InChI is InChI=1S/C10H15NOS/c1-8-10(4-6-12-8)13-7-9-3-2-5-11-9/h4,6,9,11H,2-3,5,7H2,1H3/t9-/m0/s1. The van der Waals surface area contributed by atoms with Gasteiger partial charge in [-0.25, -0.2) is 0 Å². The maximum atomic E-state index is 5.24. The van der Waals surface area contributed by atoms with E-state index in [-0.39, 0.29) is 0 Å². The Labute approximate surface area is 83.1 Å². The van der Waals surface area contributed by atoms with Gasteiger partial charge in [-0.15, -0.1) is 11.8 Å². The van der Waals surface area contributed by atoms with E-state index in [0.717, 1.165) is 5.76 Å². The molecular formula is C10H15NOS. The van der Waals surface area contributed by atoms with Gasteiger partial charge in [-0.2, -0.15) is 0 Å². The van der Waals surface area contributed by atoms with Crippen molar-refractivity contribution in [2.45, 2.75) is 30.7 Å². The fourth-order valence-corrected chi connectivity index (χ4v) is 2.68. The Morgan fingerprint density at radius 3 is 3.23 bits per heavy atom. The van der Waals surface area contributed by atoms with Gasteiger partial charge < -0.3 is 9.73 Å².